The van der Waals surface area contributed by atoms with Gasteiger partial charge in [0.05, 0.1) is 12.6 Å². The molecule has 1 N–H and O–H groups in total. The van der Waals surface area contributed by atoms with E-state index in [2.05, 4.69) is 49.1 Å². The van der Waals surface area contributed by atoms with E-state index < -0.39 is 0 Å². The summed E-state index contributed by atoms with van der Waals surface area (Å²) in [4.78, 5) is 34.0. The lowest BCUT2D eigenvalue weighted by molar-refractivity contribution is -0.130. The normalized spacial score (nSPS) is 11.7. The first-order valence-corrected chi connectivity index (χ1v) is 12.9. The van der Waals surface area contributed by atoms with Gasteiger partial charge < -0.3 is 24.4 Å². The highest BCUT2D eigenvalue weighted by molar-refractivity contribution is 6.07. The second-order valence-electron chi connectivity index (χ2n) is 10.5. The van der Waals surface area contributed by atoms with Crippen molar-refractivity contribution in [3.05, 3.63) is 53.3 Å². The first-order chi connectivity index (χ1) is 17.5. The van der Waals surface area contributed by atoms with Crippen molar-refractivity contribution in [2.24, 2.45) is 7.05 Å². The summed E-state index contributed by atoms with van der Waals surface area (Å²) in [5.41, 5.74) is 4.14. The molecule has 2 amide bonds. The summed E-state index contributed by atoms with van der Waals surface area (Å²) in [5, 5.41) is 4.02. The fourth-order valence-electron chi connectivity index (χ4n) is 4.49. The lowest BCUT2D eigenvalue weighted by Gasteiger charge is -2.24. The molecule has 0 radical (unpaired) electrons. The van der Waals surface area contributed by atoms with Crippen LogP contribution in [0, 0.1) is 0 Å². The van der Waals surface area contributed by atoms with Gasteiger partial charge in [-0.05, 0) is 42.6 Å². The number of carbonyl (C=O) groups excluding carboxylic acids is 2. The summed E-state index contributed by atoms with van der Waals surface area (Å²) in [7, 11) is 5.52. The number of benzene rings is 1. The molecule has 200 valence electrons. The maximum atomic E-state index is 13.4. The second kappa shape index (κ2) is 11.8. The number of aromatic nitrogens is 2. The summed E-state index contributed by atoms with van der Waals surface area (Å²) in [6.45, 7) is 13.1. The van der Waals surface area contributed by atoms with Crippen LogP contribution in [-0.2, 0) is 23.8 Å². The van der Waals surface area contributed by atoms with Gasteiger partial charge in [0.1, 0.15) is 11.4 Å². The summed E-state index contributed by atoms with van der Waals surface area (Å²) < 4.78 is 7.35. The number of nitrogens with zero attached hydrogens (tertiary/aromatic N) is 4. The van der Waals surface area contributed by atoms with E-state index in [-0.39, 0.29) is 17.2 Å². The van der Waals surface area contributed by atoms with Gasteiger partial charge in [-0.2, -0.15) is 0 Å². The van der Waals surface area contributed by atoms with Crippen LogP contribution in [0.15, 0.2) is 36.5 Å². The van der Waals surface area contributed by atoms with Crippen molar-refractivity contribution in [1.29, 1.82) is 0 Å². The van der Waals surface area contributed by atoms with Crippen LogP contribution >= 0.6 is 0 Å². The maximum absolute atomic E-state index is 13.4. The van der Waals surface area contributed by atoms with Gasteiger partial charge in [0, 0.05) is 51.2 Å². The molecule has 8 nitrogen and oxygen atoms in total. The quantitative estimate of drug-likeness (QED) is 0.426. The Balaban J connectivity index is 1.84. The Morgan fingerprint density at radius 2 is 1.86 bits per heavy atom. The number of likely N-dealkylation sites (N-methyl/N-ethyl adjacent to an activating group) is 2. The van der Waals surface area contributed by atoms with E-state index in [0.717, 1.165) is 28.6 Å². The number of nitrogens with one attached hydrogen (secondary N) is 1. The zero-order valence-corrected chi connectivity index (χ0v) is 23.5. The fraction of sp³-hybridized carbons (Fsp3) is 0.483. The largest absolute Gasteiger partial charge is 0.480 e. The van der Waals surface area contributed by atoms with E-state index in [9.17, 15) is 9.59 Å². The molecule has 0 aliphatic rings. The summed E-state index contributed by atoms with van der Waals surface area (Å²) in [6.07, 6.45) is 2.31. The Morgan fingerprint density at radius 1 is 1.14 bits per heavy atom. The molecule has 0 spiro atoms. The maximum Gasteiger partial charge on any atom is 0.272 e. The number of rotatable bonds is 10. The average Bonchev–Trinajstić information content (AvgIpc) is 3.21. The SMILES string of the molecule is CCC(=O)N(CC)CCN(C)Cc1cccc2cc(C(=O)Nc3cc(C(C)(C)C)cnc3OC)n(C)c12. The molecule has 37 heavy (non-hydrogen) atoms. The first-order valence-electron chi connectivity index (χ1n) is 12.9. The zero-order valence-electron chi connectivity index (χ0n) is 23.5. The number of aryl methyl sites for hydroxylation is 1. The minimum atomic E-state index is -0.221. The van der Waals surface area contributed by atoms with Gasteiger partial charge in [-0.15, -0.1) is 0 Å². The number of carbonyl (C=O) groups is 2. The average molecular weight is 508 g/mol. The predicted octanol–water partition coefficient (Wildman–Crippen LogP) is 4.82. The van der Waals surface area contributed by atoms with Gasteiger partial charge in [-0.3, -0.25) is 9.59 Å². The van der Waals surface area contributed by atoms with Gasteiger partial charge >= 0.3 is 0 Å². The molecule has 0 fully saturated rings. The van der Waals surface area contributed by atoms with E-state index >= 15 is 0 Å². The van der Waals surface area contributed by atoms with Crippen LogP contribution < -0.4 is 10.1 Å². The highest BCUT2D eigenvalue weighted by atomic mass is 16.5. The van der Waals surface area contributed by atoms with E-state index in [1.165, 1.54) is 0 Å². The molecule has 0 unspecified atom stereocenters. The fourth-order valence-corrected chi connectivity index (χ4v) is 4.49. The third kappa shape index (κ3) is 6.49. The smallest absolute Gasteiger partial charge is 0.272 e. The number of hydrogen-bond acceptors (Lipinski definition) is 5. The minimum absolute atomic E-state index is 0.114. The van der Waals surface area contributed by atoms with Crippen LogP contribution in [0.25, 0.3) is 10.9 Å². The Hall–Kier alpha value is -3.39. The van der Waals surface area contributed by atoms with Crippen LogP contribution in [0.5, 0.6) is 5.88 Å². The van der Waals surface area contributed by atoms with Crippen LogP contribution in [0.2, 0.25) is 0 Å². The standard InChI is InChI=1S/C29H41N5O3/c1-9-25(35)34(10-2)15-14-32(6)19-21-13-11-12-20-16-24(33(7)26(20)21)27(36)31-23-17-22(29(3,4)5)18-30-28(23)37-8/h11-13,16-18H,9-10,14-15,19H2,1-8H3,(H,31,36). The summed E-state index contributed by atoms with van der Waals surface area (Å²) in [5.74, 6) is 0.335. The van der Waals surface area contributed by atoms with Crippen molar-refractivity contribution in [1.82, 2.24) is 19.4 Å². The molecular weight excluding hydrogens is 466 g/mol. The number of pyridine rings is 1. The highest BCUT2D eigenvalue weighted by Crippen LogP contribution is 2.30. The number of fused-ring (bicyclic) bond motifs is 1. The van der Waals surface area contributed by atoms with E-state index in [0.29, 0.717) is 43.3 Å². The lowest BCUT2D eigenvalue weighted by atomic mass is 9.88. The Bertz CT molecular complexity index is 1260. The van der Waals surface area contributed by atoms with Crippen molar-refractivity contribution >= 4 is 28.4 Å². The number of amides is 2. The highest BCUT2D eigenvalue weighted by Gasteiger charge is 2.21. The van der Waals surface area contributed by atoms with Gasteiger partial charge in [0.15, 0.2) is 0 Å². The van der Waals surface area contributed by atoms with Crippen molar-refractivity contribution < 1.29 is 14.3 Å². The van der Waals surface area contributed by atoms with Gasteiger partial charge in [0.2, 0.25) is 11.8 Å². The lowest BCUT2D eigenvalue weighted by Crippen LogP contribution is -2.36. The third-order valence-corrected chi connectivity index (χ3v) is 6.76. The number of anilines is 1. The summed E-state index contributed by atoms with van der Waals surface area (Å²) in [6, 6.07) is 9.98. The number of hydrogen-bond donors (Lipinski definition) is 1. The van der Waals surface area contributed by atoms with E-state index in [1.807, 2.05) is 54.6 Å². The molecule has 2 heterocycles. The van der Waals surface area contributed by atoms with Gasteiger partial charge in [-0.1, -0.05) is 45.9 Å². The number of para-hydroxylation sites is 1. The van der Waals surface area contributed by atoms with Crippen molar-refractivity contribution in [3.63, 3.8) is 0 Å². The molecule has 2 aromatic heterocycles. The Kier molecular flexibility index (Phi) is 8.97. The van der Waals surface area contributed by atoms with Crippen LogP contribution in [0.4, 0.5) is 5.69 Å². The monoisotopic (exact) mass is 507 g/mol. The molecule has 8 heteroatoms. The van der Waals surface area contributed by atoms with Gasteiger partial charge in [0.25, 0.3) is 5.91 Å². The van der Waals surface area contributed by atoms with Crippen LogP contribution in [-0.4, -0.2) is 65.0 Å². The predicted molar refractivity (Wildman–Crippen MR) is 149 cm³/mol. The first kappa shape index (κ1) is 28.2. The van der Waals surface area contributed by atoms with Crippen LogP contribution in [0.3, 0.4) is 0 Å². The molecule has 0 saturated carbocycles. The van der Waals surface area contributed by atoms with Crippen LogP contribution in [0.1, 0.15) is 62.7 Å². The van der Waals surface area contributed by atoms with Crippen molar-refractivity contribution in [2.45, 2.75) is 53.0 Å². The second-order valence-corrected chi connectivity index (χ2v) is 10.5. The topological polar surface area (TPSA) is 79.7 Å². The molecule has 0 saturated heterocycles. The van der Waals surface area contributed by atoms with Crippen molar-refractivity contribution in [3.8, 4) is 5.88 Å². The Labute approximate surface area is 220 Å². The number of methoxy groups -OCH3 is 1. The zero-order chi connectivity index (χ0) is 27.3. The Morgan fingerprint density at radius 3 is 2.49 bits per heavy atom. The van der Waals surface area contributed by atoms with Gasteiger partial charge in [-0.25, -0.2) is 4.98 Å². The number of ether oxygens (including phenoxy) is 1. The van der Waals surface area contributed by atoms with E-state index in [4.69, 9.17) is 4.74 Å². The molecule has 1 aromatic carbocycles. The van der Waals surface area contributed by atoms with E-state index in [1.54, 1.807) is 13.3 Å². The minimum Gasteiger partial charge on any atom is -0.480 e. The molecule has 0 atom stereocenters. The molecule has 0 aliphatic heterocycles. The molecule has 0 aliphatic carbocycles. The summed E-state index contributed by atoms with van der Waals surface area (Å²) >= 11 is 0. The molecular formula is C29H41N5O3. The van der Waals surface area contributed by atoms with Crippen molar-refractivity contribution in [2.75, 3.05) is 39.1 Å². The molecule has 3 aromatic rings. The molecule has 0 bridgehead atoms. The molecule has 3 rings (SSSR count). The third-order valence-electron chi connectivity index (χ3n) is 6.76.